The lowest BCUT2D eigenvalue weighted by atomic mass is 9.99. The first-order valence-corrected chi connectivity index (χ1v) is 7.17. The van der Waals surface area contributed by atoms with Crippen molar-refractivity contribution in [3.63, 3.8) is 0 Å². The Morgan fingerprint density at radius 3 is 2.76 bits per heavy atom. The average molecular weight is 289 g/mol. The number of carbonyl (C=O) groups excluding carboxylic acids is 1. The molecule has 1 amide bonds. The first-order chi connectivity index (χ1) is 10.0. The average Bonchev–Trinajstić information content (AvgIpc) is 3.05. The fourth-order valence-electron chi connectivity index (χ4n) is 2.93. The number of aliphatic hydroxyl groups excluding tert-OH is 1. The van der Waals surface area contributed by atoms with Crippen LogP contribution < -0.4 is 5.32 Å². The minimum absolute atomic E-state index is 0.0531. The highest BCUT2D eigenvalue weighted by Gasteiger charge is 2.35. The molecule has 0 radical (unpaired) electrons. The van der Waals surface area contributed by atoms with Crippen molar-refractivity contribution in [1.29, 1.82) is 0 Å². The van der Waals surface area contributed by atoms with Gasteiger partial charge in [-0.25, -0.2) is 9.50 Å². The number of amides is 1. The highest BCUT2D eigenvalue weighted by Crippen LogP contribution is 2.29. The lowest BCUT2D eigenvalue weighted by molar-refractivity contribution is 0.0828. The summed E-state index contributed by atoms with van der Waals surface area (Å²) >= 11 is 0. The summed E-state index contributed by atoms with van der Waals surface area (Å²) in [6.45, 7) is 3.72. The van der Waals surface area contributed by atoms with E-state index in [1.54, 1.807) is 4.52 Å². The molecule has 3 rings (SSSR count). The van der Waals surface area contributed by atoms with Gasteiger partial charge in [-0.15, -0.1) is 5.10 Å². The van der Waals surface area contributed by atoms with E-state index in [0.29, 0.717) is 5.78 Å². The zero-order chi connectivity index (χ0) is 15.0. The Kier molecular flexibility index (Phi) is 3.36. The van der Waals surface area contributed by atoms with Gasteiger partial charge in [-0.3, -0.25) is 4.79 Å². The van der Waals surface area contributed by atoms with E-state index >= 15 is 0 Å². The molecule has 1 aliphatic rings. The van der Waals surface area contributed by atoms with Crippen LogP contribution in [0.4, 0.5) is 0 Å². The molecule has 0 unspecified atom stereocenters. The van der Waals surface area contributed by atoms with Crippen LogP contribution in [0.15, 0.2) is 6.07 Å². The van der Waals surface area contributed by atoms with E-state index < -0.39 is 5.54 Å². The summed E-state index contributed by atoms with van der Waals surface area (Å²) in [5.41, 5.74) is 1.19. The van der Waals surface area contributed by atoms with Gasteiger partial charge in [0.2, 0.25) is 5.82 Å². The monoisotopic (exact) mass is 289 g/mol. The number of aryl methyl sites for hydroxylation is 2. The molecule has 0 aromatic carbocycles. The maximum atomic E-state index is 12.3. The second-order valence-corrected chi connectivity index (χ2v) is 5.79. The van der Waals surface area contributed by atoms with E-state index in [9.17, 15) is 9.90 Å². The third kappa shape index (κ3) is 2.49. The minimum Gasteiger partial charge on any atom is -0.394 e. The van der Waals surface area contributed by atoms with Crippen LogP contribution in [-0.4, -0.2) is 42.7 Å². The number of hydrogen-bond acceptors (Lipinski definition) is 5. The Morgan fingerprint density at radius 2 is 2.10 bits per heavy atom. The molecule has 1 fully saturated rings. The standard InChI is InChI=1S/C14H19N5O2/c1-9-7-10(2)19-13(15-9)16-11(18-19)12(21)17-14(8-20)5-3-4-6-14/h7,20H,3-6,8H2,1-2H3,(H,17,21). The molecule has 0 atom stereocenters. The smallest absolute Gasteiger partial charge is 0.291 e. The van der Waals surface area contributed by atoms with Crippen molar-refractivity contribution in [2.24, 2.45) is 0 Å². The van der Waals surface area contributed by atoms with E-state index in [1.807, 2.05) is 19.9 Å². The fraction of sp³-hybridized carbons (Fsp3) is 0.571. The third-order valence-corrected chi connectivity index (χ3v) is 4.06. The van der Waals surface area contributed by atoms with Crippen LogP contribution in [0.1, 0.15) is 47.7 Å². The van der Waals surface area contributed by atoms with Gasteiger partial charge in [0.05, 0.1) is 12.1 Å². The molecule has 0 aliphatic heterocycles. The SMILES string of the molecule is Cc1cc(C)n2nc(C(=O)NC3(CO)CCCC3)nc2n1. The van der Waals surface area contributed by atoms with Crippen LogP contribution in [-0.2, 0) is 0 Å². The maximum Gasteiger partial charge on any atom is 0.291 e. The molecule has 21 heavy (non-hydrogen) atoms. The molecule has 2 heterocycles. The molecule has 7 nitrogen and oxygen atoms in total. The minimum atomic E-state index is -0.521. The Morgan fingerprint density at radius 1 is 1.38 bits per heavy atom. The zero-order valence-corrected chi connectivity index (χ0v) is 12.3. The number of carbonyl (C=O) groups is 1. The van der Waals surface area contributed by atoms with Gasteiger partial charge in [-0.2, -0.15) is 4.98 Å². The van der Waals surface area contributed by atoms with E-state index in [-0.39, 0.29) is 18.3 Å². The first kappa shape index (κ1) is 13.9. The van der Waals surface area contributed by atoms with Crippen molar-refractivity contribution < 1.29 is 9.90 Å². The molecule has 2 aromatic rings. The largest absolute Gasteiger partial charge is 0.394 e. The Labute approximate surface area is 122 Å². The third-order valence-electron chi connectivity index (χ3n) is 4.06. The van der Waals surface area contributed by atoms with Gasteiger partial charge in [-0.1, -0.05) is 12.8 Å². The van der Waals surface area contributed by atoms with Gasteiger partial charge in [0.1, 0.15) is 0 Å². The lowest BCUT2D eigenvalue weighted by Gasteiger charge is -2.27. The Balaban J connectivity index is 1.89. The number of aliphatic hydroxyl groups is 1. The number of rotatable bonds is 3. The summed E-state index contributed by atoms with van der Waals surface area (Å²) in [6.07, 6.45) is 3.61. The van der Waals surface area contributed by atoms with E-state index in [2.05, 4.69) is 20.4 Å². The van der Waals surface area contributed by atoms with Crippen LogP contribution in [0.2, 0.25) is 0 Å². The normalized spacial score (nSPS) is 17.3. The molecule has 1 saturated carbocycles. The van der Waals surface area contributed by atoms with Gasteiger partial charge < -0.3 is 10.4 Å². The van der Waals surface area contributed by atoms with Crippen molar-refractivity contribution in [2.45, 2.75) is 45.1 Å². The topological polar surface area (TPSA) is 92.4 Å². The zero-order valence-electron chi connectivity index (χ0n) is 12.3. The van der Waals surface area contributed by atoms with Crippen molar-refractivity contribution in [3.8, 4) is 0 Å². The van der Waals surface area contributed by atoms with Crippen molar-refractivity contribution >= 4 is 11.7 Å². The molecular weight excluding hydrogens is 270 g/mol. The maximum absolute atomic E-state index is 12.3. The Hall–Kier alpha value is -2.02. The van der Waals surface area contributed by atoms with Crippen LogP contribution in [0.25, 0.3) is 5.78 Å². The molecule has 0 spiro atoms. The number of hydrogen-bond donors (Lipinski definition) is 2. The summed E-state index contributed by atoms with van der Waals surface area (Å²) in [6, 6.07) is 1.88. The van der Waals surface area contributed by atoms with Crippen LogP contribution in [0, 0.1) is 13.8 Å². The first-order valence-electron chi connectivity index (χ1n) is 7.17. The predicted molar refractivity (Wildman–Crippen MR) is 76.0 cm³/mol. The van der Waals surface area contributed by atoms with Gasteiger partial charge >= 0.3 is 0 Å². The molecule has 2 aromatic heterocycles. The number of nitrogens with one attached hydrogen (secondary N) is 1. The number of aromatic nitrogens is 4. The second kappa shape index (κ2) is 5.07. The van der Waals surface area contributed by atoms with Crippen LogP contribution in [0.5, 0.6) is 0 Å². The van der Waals surface area contributed by atoms with Gasteiger partial charge in [-0.05, 0) is 32.8 Å². The molecule has 0 bridgehead atoms. The van der Waals surface area contributed by atoms with Crippen molar-refractivity contribution in [2.75, 3.05) is 6.61 Å². The highest BCUT2D eigenvalue weighted by molar-refractivity contribution is 5.91. The van der Waals surface area contributed by atoms with Gasteiger partial charge in [0.15, 0.2) is 0 Å². The van der Waals surface area contributed by atoms with E-state index in [1.165, 1.54) is 0 Å². The molecule has 2 N–H and O–H groups in total. The number of nitrogens with zero attached hydrogens (tertiary/aromatic N) is 4. The fourth-order valence-corrected chi connectivity index (χ4v) is 2.93. The quantitative estimate of drug-likeness (QED) is 0.871. The summed E-state index contributed by atoms with van der Waals surface area (Å²) in [5.74, 6) is 0.159. The summed E-state index contributed by atoms with van der Waals surface area (Å²) in [5, 5.41) is 16.7. The van der Waals surface area contributed by atoms with E-state index in [0.717, 1.165) is 37.1 Å². The van der Waals surface area contributed by atoms with Crippen molar-refractivity contribution in [3.05, 3.63) is 23.3 Å². The van der Waals surface area contributed by atoms with Crippen LogP contribution in [0.3, 0.4) is 0 Å². The summed E-state index contributed by atoms with van der Waals surface area (Å²) < 4.78 is 1.56. The molecule has 112 valence electrons. The van der Waals surface area contributed by atoms with Gasteiger partial charge in [0, 0.05) is 11.4 Å². The highest BCUT2D eigenvalue weighted by atomic mass is 16.3. The molecular formula is C14H19N5O2. The van der Waals surface area contributed by atoms with Gasteiger partial charge in [0.25, 0.3) is 11.7 Å². The van der Waals surface area contributed by atoms with Crippen molar-refractivity contribution in [1.82, 2.24) is 24.9 Å². The van der Waals surface area contributed by atoms with Crippen LogP contribution >= 0.6 is 0 Å². The predicted octanol–water partition coefficient (Wildman–Crippen LogP) is 0.776. The molecule has 1 aliphatic carbocycles. The summed E-state index contributed by atoms with van der Waals surface area (Å²) in [7, 11) is 0. The lowest BCUT2D eigenvalue weighted by Crippen LogP contribution is -2.49. The Bertz CT molecular complexity index is 688. The number of fused-ring (bicyclic) bond motifs is 1. The summed E-state index contributed by atoms with van der Waals surface area (Å²) in [4.78, 5) is 20.8. The second-order valence-electron chi connectivity index (χ2n) is 5.79. The molecule has 7 heteroatoms. The molecule has 0 saturated heterocycles. The van der Waals surface area contributed by atoms with E-state index in [4.69, 9.17) is 0 Å².